The third-order valence-electron chi connectivity index (χ3n) is 2.65. The van der Waals surface area contributed by atoms with E-state index in [9.17, 15) is 4.39 Å². The highest BCUT2D eigenvalue weighted by Crippen LogP contribution is 2.05. The van der Waals surface area contributed by atoms with Gasteiger partial charge in [0, 0.05) is 19.3 Å². The van der Waals surface area contributed by atoms with Gasteiger partial charge in [0.05, 0.1) is 5.69 Å². The maximum absolute atomic E-state index is 12.7. The Morgan fingerprint density at radius 2 is 1.88 bits per heavy atom. The number of rotatable bonds is 4. The van der Waals surface area contributed by atoms with E-state index in [-0.39, 0.29) is 5.82 Å². The van der Waals surface area contributed by atoms with Gasteiger partial charge in [-0.15, -0.1) is 0 Å². The number of hydrogen-bond donors (Lipinski definition) is 1. The average Bonchev–Trinajstić information content (AvgIpc) is 2.34. The van der Waals surface area contributed by atoms with Crippen LogP contribution in [0.25, 0.3) is 0 Å². The zero-order valence-electron chi connectivity index (χ0n) is 9.78. The minimum absolute atomic E-state index is 0.200. The van der Waals surface area contributed by atoms with E-state index < -0.39 is 0 Å². The molecule has 2 nitrogen and oxygen atoms in total. The molecule has 1 aromatic carbocycles. The molecule has 0 spiro atoms. The molecule has 0 bridgehead atoms. The Morgan fingerprint density at radius 1 is 1.12 bits per heavy atom. The van der Waals surface area contributed by atoms with Gasteiger partial charge >= 0.3 is 0 Å². The second-order valence-corrected chi connectivity index (χ2v) is 4.00. The molecule has 2 rings (SSSR count). The largest absolute Gasteiger partial charge is 0.307 e. The predicted octanol–water partition coefficient (Wildman–Crippen LogP) is 2.82. The molecule has 0 saturated carbocycles. The van der Waals surface area contributed by atoms with Crippen LogP contribution in [0.3, 0.4) is 0 Å². The van der Waals surface area contributed by atoms with Gasteiger partial charge in [-0.25, -0.2) is 4.39 Å². The summed E-state index contributed by atoms with van der Waals surface area (Å²) in [5.74, 6) is -0.200. The van der Waals surface area contributed by atoms with Crippen LogP contribution < -0.4 is 5.32 Å². The van der Waals surface area contributed by atoms with Crippen LogP contribution in [0.15, 0.2) is 42.6 Å². The maximum Gasteiger partial charge on any atom is 0.123 e. The summed E-state index contributed by atoms with van der Waals surface area (Å²) in [6.45, 7) is 3.49. The fourth-order valence-corrected chi connectivity index (χ4v) is 1.63. The van der Waals surface area contributed by atoms with Crippen LogP contribution in [-0.2, 0) is 13.1 Å². The summed E-state index contributed by atoms with van der Waals surface area (Å²) >= 11 is 0. The van der Waals surface area contributed by atoms with E-state index in [1.54, 1.807) is 18.3 Å². The van der Waals surface area contributed by atoms with Crippen molar-refractivity contribution in [1.82, 2.24) is 10.3 Å². The molecule has 2 aromatic rings. The summed E-state index contributed by atoms with van der Waals surface area (Å²) in [7, 11) is 0. The molecule has 1 heterocycles. The van der Waals surface area contributed by atoms with Gasteiger partial charge in [-0.2, -0.15) is 0 Å². The second-order valence-electron chi connectivity index (χ2n) is 4.00. The van der Waals surface area contributed by atoms with Crippen LogP contribution in [0.2, 0.25) is 0 Å². The zero-order valence-corrected chi connectivity index (χ0v) is 9.78. The van der Waals surface area contributed by atoms with Crippen LogP contribution in [0.5, 0.6) is 0 Å². The van der Waals surface area contributed by atoms with Crippen LogP contribution in [-0.4, -0.2) is 4.98 Å². The molecule has 0 fully saturated rings. The lowest BCUT2D eigenvalue weighted by Gasteiger charge is -2.06. The van der Waals surface area contributed by atoms with Crippen molar-refractivity contribution >= 4 is 0 Å². The molecular formula is C14H15FN2. The van der Waals surface area contributed by atoms with Crippen LogP contribution >= 0.6 is 0 Å². The number of nitrogens with one attached hydrogen (secondary N) is 1. The normalized spacial score (nSPS) is 10.5. The molecule has 1 aromatic heterocycles. The molecule has 0 aliphatic heterocycles. The highest BCUT2D eigenvalue weighted by Gasteiger charge is 1.98. The Balaban J connectivity index is 1.88. The quantitative estimate of drug-likeness (QED) is 0.873. The predicted molar refractivity (Wildman–Crippen MR) is 65.9 cm³/mol. The number of nitrogens with zero attached hydrogens (tertiary/aromatic N) is 1. The van der Waals surface area contributed by atoms with Crippen molar-refractivity contribution < 1.29 is 4.39 Å². The summed E-state index contributed by atoms with van der Waals surface area (Å²) in [4.78, 5) is 4.30. The van der Waals surface area contributed by atoms with Crippen molar-refractivity contribution in [3.63, 3.8) is 0 Å². The van der Waals surface area contributed by atoms with E-state index in [1.165, 1.54) is 17.7 Å². The summed E-state index contributed by atoms with van der Waals surface area (Å²) in [6, 6.07) is 10.5. The number of hydrogen-bond acceptors (Lipinski definition) is 2. The smallest absolute Gasteiger partial charge is 0.123 e. The van der Waals surface area contributed by atoms with Crippen molar-refractivity contribution in [3.05, 3.63) is 65.2 Å². The fraction of sp³-hybridized carbons (Fsp3) is 0.214. The average molecular weight is 230 g/mol. The van der Waals surface area contributed by atoms with Gasteiger partial charge in [0.25, 0.3) is 0 Å². The number of pyridine rings is 1. The standard InChI is InChI=1S/C14H15FN2/c1-11-3-2-8-17-14(11)10-16-9-12-4-6-13(15)7-5-12/h2-8,16H,9-10H2,1H3. The van der Waals surface area contributed by atoms with Gasteiger partial charge < -0.3 is 5.32 Å². The Bertz CT molecular complexity index is 480. The van der Waals surface area contributed by atoms with Crippen molar-refractivity contribution in [2.45, 2.75) is 20.0 Å². The molecule has 0 saturated heterocycles. The summed E-state index contributed by atoms with van der Waals surface area (Å²) in [6.07, 6.45) is 1.79. The maximum atomic E-state index is 12.7. The van der Waals surface area contributed by atoms with Crippen LogP contribution in [0.4, 0.5) is 4.39 Å². The van der Waals surface area contributed by atoms with Crippen molar-refractivity contribution in [1.29, 1.82) is 0 Å². The van der Waals surface area contributed by atoms with Gasteiger partial charge in [0.15, 0.2) is 0 Å². The highest BCUT2D eigenvalue weighted by molar-refractivity contribution is 5.18. The number of aromatic nitrogens is 1. The van der Waals surface area contributed by atoms with Gasteiger partial charge in [-0.05, 0) is 36.2 Å². The fourth-order valence-electron chi connectivity index (χ4n) is 1.63. The van der Waals surface area contributed by atoms with E-state index in [4.69, 9.17) is 0 Å². The molecular weight excluding hydrogens is 215 g/mol. The van der Waals surface area contributed by atoms with Gasteiger partial charge in [-0.3, -0.25) is 4.98 Å². The first-order chi connectivity index (χ1) is 8.25. The molecule has 1 N–H and O–H groups in total. The number of halogens is 1. The summed E-state index contributed by atoms with van der Waals surface area (Å²) < 4.78 is 12.7. The SMILES string of the molecule is Cc1cccnc1CNCc1ccc(F)cc1. The molecule has 17 heavy (non-hydrogen) atoms. The summed E-state index contributed by atoms with van der Waals surface area (Å²) in [5, 5.41) is 3.29. The van der Waals surface area contributed by atoms with Crippen molar-refractivity contribution in [3.8, 4) is 0 Å². The molecule has 3 heteroatoms. The first-order valence-corrected chi connectivity index (χ1v) is 5.61. The molecule has 0 radical (unpaired) electrons. The minimum Gasteiger partial charge on any atom is -0.307 e. The van der Waals surface area contributed by atoms with E-state index in [2.05, 4.69) is 10.3 Å². The lowest BCUT2D eigenvalue weighted by Crippen LogP contribution is -2.14. The van der Waals surface area contributed by atoms with E-state index >= 15 is 0 Å². The lowest BCUT2D eigenvalue weighted by molar-refractivity contribution is 0.624. The van der Waals surface area contributed by atoms with Gasteiger partial charge in [0.1, 0.15) is 5.82 Å². The third-order valence-corrected chi connectivity index (χ3v) is 2.65. The Labute approximate surface area is 101 Å². The van der Waals surface area contributed by atoms with E-state index in [1.807, 2.05) is 19.1 Å². The third kappa shape index (κ3) is 3.36. The Kier molecular flexibility index (Phi) is 3.83. The van der Waals surface area contributed by atoms with E-state index in [0.29, 0.717) is 0 Å². The molecule has 0 aliphatic rings. The lowest BCUT2D eigenvalue weighted by atomic mass is 10.2. The molecule has 0 unspecified atom stereocenters. The van der Waals surface area contributed by atoms with E-state index in [0.717, 1.165) is 24.3 Å². The Morgan fingerprint density at radius 3 is 2.59 bits per heavy atom. The van der Waals surface area contributed by atoms with Crippen molar-refractivity contribution in [2.24, 2.45) is 0 Å². The van der Waals surface area contributed by atoms with Crippen LogP contribution in [0.1, 0.15) is 16.8 Å². The number of aryl methyl sites for hydroxylation is 1. The highest BCUT2D eigenvalue weighted by atomic mass is 19.1. The molecule has 0 aliphatic carbocycles. The minimum atomic E-state index is -0.200. The van der Waals surface area contributed by atoms with Crippen LogP contribution in [0, 0.1) is 12.7 Å². The molecule has 0 amide bonds. The Hall–Kier alpha value is -1.74. The van der Waals surface area contributed by atoms with Gasteiger partial charge in [-0.1, -0.05) is 18.2 Å². The van der Waals surface area contributed by atoms with Crippen molar-refractivity contribution in [2.75, 3.05) is 0 Å². The summed E-state index contributed by atoms with van der Waals surface area (Å²) in [5.41, 5.74) is 3.30. The molecule has 0 atom stereocenters. The van der Waals surface area contributed by atoms with Gasteiger partial charge in [0.2, 0.25) is 0 Å². The zero-order chi connectivity index (χ0) is 12.1. The first-order valence-electron chi connectivity index (χ1n) is 5.61. The first kappa shape index (κ1) is 11.7. The molecule has 88 valence electrons. The number of benzene rings is 1. The second kappa shape index (κ2) is 5.55. The monoisotopic (exact) mass is 230 g/mol. The topological polar surface area (TPSA) is 24.9 Å².